The molecule has 7 N–H and O–H groups in total. The van der Waals surface area contributed by atoms with Crippen LogP contribution in [-0.2, 0) is 33.6 Å². The summed E-state index contributed by atoms with van der Waals surface area (Å²) >= 11 is 21.6. The summed E-state index contributed by atoms with van der Waals surface area (Å²) < 4.78 is 71.7. The minimum absolute atomic E-state index is 0.179. The van der Waals surface area contributed by atoms with E-state index < -0.39 is 16.8 Å². The van der Waals surface area contributed by atoms with E-state index >= 15 is 0 Å². The molecule has 3 amide bonds. The van der Waals surface area contributed by atoms with Crippen molar-refractivity contribution in [3.05, 3.63) is 158 Å². The molecule has 0 radical (unpaired) electrons. The first kappa shape index (κ1) is 76.4. The molecule has 6 aromatic rings. The fraction of sp³-hybridized carbons (Fsp3) is 0.435. The number of likely N-dealkylation sites (tertiary alicyclic amines) is 2. The van der Waals surface area contributed by atoms with E-state index in [9.17, 15) is 42.9 Å². The minimum Gasteiger partial charge on any atom is -0.495 e. The standard InChI is InChI=1S/2C23H28ClFN2O4.C12H15BrClNO3.C11H14FNO/c2*1-16(28)26-20-12-19(24)21(30-2)13-22(20)31-11-3-9-27-10-8-23(29,15-27)14-17-4-6-18(25)7-5-17;1-8(16)15-10-6-9(14)11(17-2)7-12(10)18-5-3-4-13;12-10-3-1-9(2-4-10)7-11(14)5-6-13-8-11/h2*4-7,12-13,29H,3,8-11,14-15H2,1-2H3,(H,26,28);6-7H,3-5H2,1-2H3,(H,15,16);1-4,13-14H,5-8H2. The van der Waals surface area contributed by atoms with Crippen molar-refractivity contribution < 1.29 is 71.3 Å². The number of methoxy groups -OCH3 is 3. The van der Waals surface area contributed by atoms with Gasteiger partial charge in [-0.05, 0) is 116 Å². The minimum atomic E-state index is -0.805. The van der Waals surface area contributed by atoms with Crippen LogP contribution in [0, 0.1) is 17.5 Å². The lowest BCUT2D eigenvalue weighted by Gasteiger charge is -2.24. The smallest absolute Gasteiger partial charge is 0.221 e. The number of hydrogen-bond acceptors (Lipinski definition) is 15. The summed E-state index contributed by atoms with van der Waals surface area (Å²) in [6.45, 7) is 11.4. The molecule has 6 aromatic carbocycles. The van der Waals surface area contributed by atoms with Crippen LogP contribution in [0.2, 0.25) is 15.1 Å². The molecule has 3 unspecified atom stereocenters. The summed E-state index contributed by atoms with van der Waals surface area (Å²) in [6.07, 6.45) is 6.08. The maximum absolute atomic E-state index is 13.1. The summed E-state index contributed by atoms with van der Waals surface area (Å²) in [4.78, 5) is 38.4. The molecule has 3 atom stereocenters. The summed E-state index contributed by atoms with van der Waals surface area (Å²) in [5.41, 5.74) is 2.12. The lowest BCUT2D eigenvalue weighted by atomic mass is 9.94. The van der Waals surface area contributed by atoms with Crippen LogP contribution in [-0.4, -0.2) is 158 Å². The molecule has 3 heterocycles. The van der Waals surface area contributed by atoms with Gasteiger partial charge >= 0.3 is 0 Å². The van der Waals surface area contributed by atoms with Gasteiger partial charge in [0, 0.05) is 109 Å². The number of aliphatic hydroxyl groups is 3. The quantitative estimate of drug-likeness (QED) is 0.0198. The molecular formula is C69H85BrCl3F3N6O12. The van der Waals surface area contributed by atoms with Gasteiger partial charge < -0.3 is 74.8 Å². The molecule has 3 fully saturated rings. The van der Waals surface area contributed by atoms with Gasteiger partial charge in [-0.1, -0.05) is 87.1 Å². The maximum atomic E-state index is 13.1. The van der Waals surface area contributed by atoms with Crippen LogP contribution in [0.15, 0.2) is 109 Å². The third kappa shape index (κ3) is 25.5. The van der Waals surface area contributed by atoms with Crippen LogP contribution in [0.3, 0.4) is 0 Å². The second-order valence-electron chi connectivity index (χ2n) is 23.3. The SMILES string of the molecule is COc1cc(OCCCBr)c(NC(C)=O)cc1Cl.COc1cc(OCCCN2CCC(O)(Cc3ccc(F)cc3)C2)c(NC(C)=O)cc1Cl.COc1cc(OCCCN2CCC(O)(Cc3ccc(F)cc3)C2)c(NC(C)=O)cc1Cl.OC1(Cc2ccc(F)cc2)CCNC1. The number of alkyl halides is 1. The highest BCUT2D eigenvalue weighted by molar-refractivity contribution is 9.09. The number of benzene rings is 6. The maximum Gasteiger partial charge on any atom is 0.221 e. The van der Waals surface area contributed by atoms with Gasteiger partial charge in [0.05, 0.1) is 90.1 Å². The van der Waals surface area contributed by atoms with Gasteiger partial charge in [-0.15, -0.1) is 0 Å². The van der Waals surface area contributed by atoms with E-state index in [4.69, 9.17) is 63.2 Å². The van der Waals surface area contributed by atoms with Crippen LogP contribution >= 0.6 is 50.7 Å². The van der Waals surface area contributed by atoms with Crippen molar-refractivity contribution in [2.45, 2.75) is 95.4 Å². The molecule has 0 spiro atoms. The molecule has 3 saturated heterocycles. The van der Waals surface area contributed by atoms with Crippen molar-refractivity contribution in [1.29, 1.82) is 0 Å². The van der Waals surface area contributed by atoms with Crippen LogP contribution in [0.5, 0.6) is 34.5 Å². The molecule has 25 heteroatoms. The zero-order valence-corrected chi connectivity index (χ0v) is 57.7. The highest BCUT2D eigenvalue weighted by Crippen LogP contribution is 2.39. The van der Waals surface area contributed by atoms with E-state index in [0.29, 0.717) is 138 Å². The number of nitrogens with one attached hydrogen (secondary N) is 4. The van der Waals surface area contributed by atoms with Gasteiger partial charge in [-0.3, -0.25) is 14.4 Å². The van der Waals surface area contributed by atoms with Gasteiger partial charge in [0.2, 0.25) is 17.7 Å². The monoisotopic (exact) mass is 1430 g/mol. The highest BCUT2D eigenvalue weighted by atomic mass is 79.9. The lowest BCUT2D eigenvalue weighted by Crippen LogP contribution is -2.36. The first-order valence-electron chi connectivity index (χ1n) is 30.8. The van der Waals surface area contributed by atoms with Crippen molar-refractivity contribution in [2.24, 2.45) is 0 Å². The van der Waals surface area contributed by atoms with Crippen LogP contribution in [0.1, 0.15) is 76.0 Å². The molecule has 0 aliphatic carbocycles. The van der Waals surface area contributed by atoms with E-state index in [-0.39, 0.29) is 35.2 Å². The largest absolute Gasteiger partial charge is 0.495 e. The molecule has 94 heavy (non-hydrogen) atoms. The normalized spacial score (nSPS) is 18.3. The molecule has 3 aliphatic heterocycles. The predicted molar refractivity (Wildman–Crippen MR) is 366 cm³/mol. The Bertz CT molecular complexity index is 3250. The molecule has 0 bridgehead atoms. The van der Waals surface area contributed by atoms with Crippen LogP contribution in [0.25, 0.3) is 0 Å². The van der Waals surface area contributed by atoms with Crippen molar-refractivity contribution in [3.63, 3.8) is 0 Å². The zero-order chi connectivity index (χ0) is 68.4. The van der Waals surface area contributed by atoms with E-state index in [0.717, 1.165) is 80.4 Å². The highest BCUT2D eigenvalue weighted by Gasteiger charge is 2.37. The fourth-order valence-corrected chi connectivity index (χ4v) is 11.8. The van der Waals surface area contributed by atoms with Gasteiger partial charge in [-0.25, -0.2) is 13.2 Å². The first-order chi connectivity index (χ1) is 44.8. The summed E-state index contributed by atoms with van der Waals surface area (Å²) in [5.74, 6) is 1.59. The van der Waals surface area contributed by atoms with Crippen LogP contribution < -0.4 is 49.7 Å². The second-order valence-corrected chi connectivity index (χ2v) is 25.4. The number of amides is 3. The van der Waals surface area contributed by atoms with Crippen molar-refractivity contribution in [2.75, 3.05) is 115 Å². The average Bonchev–Trinajstić information content (AvgIpc) is 1.20. The third-order valence-electron chi connectivity index (χ3n) is 15.4. The molecule has 9 rings (SSSR count). The summed E-state index contributed by atoms with van der Waals surface area (Å²) in [6, 6.07) is 28.7. The Morgan fingerprint density at radius 1 is 0.500 bits per heavy atom. The Morgan fingerprint density at radius 2 is 0.819 bits per heavy atom. The van der Waals surface area contributed by atoms with Crippen molar-refractivity contribution in [3.8, 4) is 34.5 Å². The van der Waals surface area contributed by atoms with Crippen molar-refractivity contribution in [1.82, 2.24) is 15.1 Å². The molecule has 512 valence electrons. The number of rotatable bonds is 26. The molecule has 0 saturated carbocycles. The number of halogens is 7. The van der Waals surface area contributed by atoms with Crippen LogP contribution in [0.4, 0.5) is 30.2 Å². The Labute approximate surface area is 571 Å². The van der Waals surface area contributed by atoms with Gasteiger partial charge in [-0.2, -0.15) is 0 Å². The first-order valence-corrected chi connectivity index (χ1v) is 33.0. The number of nitrogens with zero attached hydrogens (tertiary/aromatic N) is 2. The average molecular weight is 1430 g/mol. The molecular weight excluding hydrogens is 1350 g/mol. The number of ether oxygens (including phenoxy) is 6. The van der Waals surface area contributed by atoms with Gasteiger partial charge in [0.25, 0.3) is 0 Å². The topological polar surface area (TPSA) is 222 Å². The van der Waals surface area contributed by atoms with E-state index in [1.165, 1.54) is 78.5 Å². The Hall–Kier alpha value is -6.57. The van der Waals surface area contributed by atoms with E-state index in [1.807, 2.05) is 0 Å². The molecule has 3 aliphatic rings. The fourth-order valence-electron chi connectivity index (χ4n) is 10.9. The van der Waals surface area contributed by atoms with Gasteiger partial charge in [0.1, 0.15) is 51.9 Å². The van der Waals surface area contributed by atoms with Gasteiger partial charge in [0.15, 0.2) is 0 Å². The Balaban J connectivity index is 0.000000208. The Morgan fingerprint density at radius 3 is 1.11 bits per heavy atom. The summed E-state index contributed by atoms with van der Waals surface area (Å²) in [5, 5.41) is 45.1. The number of anilines is 3. The lowest BCUT2D eigenvalue weighted by molar-refractivity contribution is -0.115. The Kier molecular flexibility index (Phi) is 30.6. The number of β-amino-alcohol motifs (C(OH)–C–C–N with tert-alkyl or cyclic N) is 3. The predicted octanol–water partition coefficient (Wildman–Crippen LogP) is 12.4. The zero-order valence-electron chi connectivity index (χ0n) is 53.8. The van der Waals surface area contributed by atoms with E-state index in [2.05, 4.69) is 47.0 Å². The number of carbonyl (C=O) groups excluding carboxylic acids is 3. The van der Waals surface area contributed by atoms with E-state index in [1.54, 1.807) is 72.8 Å². The molecule has 18 nitrogen and oxygen atoms in total. The molecule has 0 aromatic heterocycles. The number of carbonyl (C=O) groups is 3. The summed E-state index contributed by atoms with van der Waals surface area (Å²) in [7, 11) is 4.56. The second kappa shape index (κ2) is 37.7. The third-order valence-corrected chi connectivity index (χ3v) is 16.8. The number of hydrogen-bond donors (Lipinski definition) is 7. The van der Waals surface area contributed by atoms with Crippen molar-refractivity contribution >= 4 is 85.5 Å².